The molecule has 1 aromatic carbocycles. The Balaban J connectivity index is 1.21. The normalized spacial score (nSPS) is 19.7. The van der Waals surface area contributed by atoms with Crippen molar-refractivity contribution in [1.82, 2.24) is 15.2 Å². The zero-order chi connectivity index (χ0) is 20.2. The van der Waals surface area contributed by atoms with Crippen LogP contribution in [-0.2, 0) is 0 Å². The lowest BCUT2D eigenvalue weighted by Crippen LogP contribution is -2.45. The van der Waals surface area contributed by atoms with Gasteiger partial charge >= 0.3 is 0 Å². The van der Waals surface area contributed by atoms with Gasteiger partial charge in [-0.15, -0.1) is 0 Å². The van der Waals surface area contributed by atoms with Gasteiger partial charge in [0.2, 0.25) is 0 Å². The van der Waals surface area contributed by atoms with Gasteiger partial charge in [-0.1, -0.05) is 6.07 Å². The molecule has 0 spiro atoms. The number of pyridine rings is 1. The Morgan fingerprint density at radius 2 is 2.03 bits per heavy atom. The van der Waals surface area contributed by atoms with Crippen molar-refractivity contribution >= 4 is 5.91 Å². The molecule has 1 saturated heterocycles. The zero-order valence-corrected chi connectivity index (χ0v) is 17.2. The fourth-order valence-corrected chi connectivity index (χ4v) is 4.03. The molecule has 0 unspecified atom stereocenters. The van der Waals surface area contributed by atoms with Crippen LogP contribution in [0.15, 0.2) is 36.5 Å². The molecule has 1 fully saturated rings. The molecular formula is C23H29N3O3. The van der Waals surface area contributed by atoms with Crippen LogP contribution in [-0.4, -0.2) is 54.7 Å². The van der Waals surface area contributed by atoms with Crippen LogP contribution in [0.1, 0.15) is 34.5 Å². The minimum absolute atomic E-state index is 0.0280. The lowest BCUT2D eigenvalue weighted by molar-refractivity contribution is 0.0476. The van der Waals surface area contributed by atoms with Crippen LogP contribution in [0.25, 0.3) is 0 Å². The summed E-state index contributed by atoms with van der Waals surface area (Å²) >= 11 is 0. The highest BCUT2D eigenvalue weighted by Crippen LogP contribution is 2.32. The lowest BCUT2D eigenvalue weighted by atomic mass is 9.96. The van der Waals surface area contributed by atoms with Gasteiger partial charge in [0.1, 0.15) is 12.7 Å². The van der Waals surface area contributed by atoms with E-state index in [1.165, 1.54) is 5.56 Å². The number of ether oxygens (including phenoxy) is 2. The number of benzene rings is 1. The second-order valence-electron chi connectivity index (χ2n) is 8.09. The van der Waals surface area contributed by atoms with Crippen LogP contribution < -0.4 is 14.8 Å². The summed E-state index contributed by atoms with van der Waals surface area (Å²) in [6.45, 7) is 8.16. The summed E-state index contributed by atoms with van der Waals surface area (Å²) in [5, 5.41) is 3.08. The molecule has 0 saturated carbocycles. The number of rotatable bonds is 5. The van der Waals surface area contributed by atoms with Gasteiger partial charge in [0.25, 0.3) is 5.91 Å². The monoisotopic (exact) mass is 395 g/mol. The van der Waals surface area contributed by atoms with Crippen LogP contribution in [0.3, 0.4) is 0 Å². The number of fused-ring (bicyclic) bond motifs is 1. The Bertz CT molecular complexity index is 862. The first-order valence-corrected chi connectivity index (χ1v) is 10.4. The van der Waals surface area contributed by atoms with Crippen LogP contribution in [0.2, 0.25) is 0 Å². The molecule has 0 radical (unpaired) electrons. The highest BCUT2D eigenvalue weighted by Gasteiger charge is 2.26. The highest BCUT2D eigenvalue weighted by molar-refractivity contribution is 5.95. The number of hydrogen-bond acceptors (Lipinski definition) is 5. The molecule has 0 aliphatic carbocycles. The van der Waals surface area contributed by atoms with Crippen molar-refractivity contribution in [3.8, 4) is 11.5 Å². The summed E-state index contributed by atoms with van der Waals surface area (Å²) in [6, 6.07) is 9.69. The third kappa shape index (κ3) is 4.88. The molecule has 0 bridgehead atoms. The third-order valence-electron chi connectivity index (χ3n) is 5.79. The quantitative estimate of drug-likeness (QED) is 0.843. The van der Waals surface area contributed by atoms with Crippen LogP contribution in [0.4, 0.5) is 0 Å². The first-order valence-electron chi connectivity index (χ1n) is 10.4. The minimum Gasteiger partial charge on any atom is -0.486 e. The number of aryl methyl sites for hydroxylation is 2. The van der Waals surface area contributed by atoms with E-state index in [4.69, 9.17) is 9.47 Å². The van der Waals surface area contributed by atoms with E-state index in [-0.39, 0.29) is 12.0 Å². The van der Waals surface area contributed by atoms with E-state index < -0.39 is 0 Å². The first kappa shape index (κ1) is 19.7. The second kappa shape index (κ2) is 8.82. The Hall–Kier alpha value is -2.60. The van der Waals surface area contributed by atoms with Crippen molar-refractivity contribution < 1.29 is 14.3 Å². The number of carbonyl (C=O) groups is 1. The number of piperidine rings is 1. The van der Waals surface area contributed by atoms with Crippen molar-refractivity contribution in [3.63, 3.8) is 0 Å². The molecule has 1 aromatic heterocycles. The van der Waals surface area contributed by atoms with Crippen LogP contribution >= 0.6 is 0 Å². The number of nitrogens with zero attached hydrogens (tertiary/aromatic N) is 2. The minimum atomic E-state index is -0.0280. The largest absolute Gasteiger partial charge is 0.486 e. The fourth-order valence-electron chi connectivity index (χ4n) is 4.03. The van der Waals surface area contributed by atoms with E-state index in [0.717, 1.165) is 56.2 Å². The van der Waals surface area contributed by atoms with Gasteiger partial charge in [0, 0.05) is 25.0 Å². The van der Waals surface area contributed by atoms with E-state index in [1.807, 2.05) is 31.2 Å². The average Bonchev–Trinajstić information content (AvgIpc) is 2.73. The number of nitrogens with one attached hydrogen (secondary N) is 1. The fraction of sp³-hybridized carbons (Fsp3) is 0.478. The molecule has 3 heterocycles. The molecule has 2 aliphatic rings. The smallest absolute Gasteiger partial charge is 0.253 e. The second-order valence-corrected chi connectivity index (χ2v) is 8.09. The molecule has 1 amide bonds. The predicted octanol–water partition coefficient (Wildman–Crippen LogP) is 2.98. The maximum Gasteiger partial charge on any atom is 0.253 e. The van der Waals surface area contributed by atoms with Crippen molar-refractivity contribution in [2.24, 2.45) is 5.92 Å². The number of carbonyl (C=O) groups excluding carboxylic acids is 1. The van der Waals surface area contributed by atoms with Crippen molar-refractivity contribution in [1.29, 1.82) is 0 Å². The first-order chi connectivity index (χ1) is 14.1. The Labute approximate surface area is 172 Å². The number of likely N-dealkylation sites (tertiary alicyclic amines) is 1. The van der Waals surface area contributed by atoms with Gasteiger partial charge in [-0.25, -0.2) is 0 Å². The number of hydrogen-bond donors (Lipinski definition) is 1. The summed E-state index contributed by atoms with van der Waals surface area (Å²) in [5.74, 6) is 2.17. The molecule has 6 heteroatoms. The molecule has 4 rings (SSSR count). The molecule has 29 heavy (non-hydrogen) atoms. The van der Waals surface area contributed by atoms with E-state index in [0.29, 0.717) is 18.1 Å². The van der Waals surface area contributed by atoms with E-state index >= 15 is 0 Å². The molecule has 2 aliphatic heterocycles. The molecule has 2 aromatic rings. The molecule has 1 atom stereocenters. The van der Waals surface area contributed by atoms with Crippen LogP contribution in [0.5, 0.6) is 11.5 Å². The average molecular weight is 396 g/mol. The van der Waals surface area contributed by atoms with E-state index in [2.05, 4.69) is 22.1 Å². The SMILES string of the molecule is Cc1ccc2c(c1)O[C@@H](CN1CCC(CNC(=O)c3cccnc3C)CC1)CO2. The van der Waals surface area contributed by atoms with Crippen molar-refractivity contribution in [3.05, 3.63) is 53.3 Å². The van der Waals surface area contributed by atoms with Gasteiger partial charge in [-0.05, 0) is 75.5 Å². The maximum absolute atomic E-state index is 12.4. The van der Waals surface area contributed by atoms with Gasteiger partial charge in [-0.3, -0.25) is 14.7 Å². The van der Waals surface area contributed by atoms with Crippen molar-refractivity contribution in [2.45, 2.75) is 32.8 Å². The predicted molar refractivity (Wildman–Crippen MR) is 112 cm³/mol. The standard InChI is InChI=1S/C23H29N3O3/c1-16-5-6-21-22(12-16)29-19(15-28-21)14-26-10-7-18(8-11-26)13-25-23(27)20-4-3-9-24-17(20)2/h3-6,9,12,18-19H,7-8,10-11,13-15H2,1-2H3,(H,25,27)/t19-/m0/s1. The van der Waals surface area contributed by atoms with Gasteiger partial charge < -0.3 is 14.8 Å². The van der Waals surface area contributed by atoms with Gasteiger partial charge in [0.15, 0.2) is 11.5 Å². The molecule has 6 nitrogen and oxygen atoms in total. The van der Waals surface area contributed by atoms with Gasteiger partial charge in [-0.2, -0.15) is 0 Å². The Kier molecular flexibility index (Phi) is 6.00. The summed E-state index contributed by atoms with van der Waals surface area (Å²) < 4.78 is 12.0. The number of aromatic nitrogens is 1. The highest BCUT2D eigenvalue weighted by atomic mass is 16.6. The van der Waals surface area contributed by atoms with E-state index in [1.54, 1.807) is 12.3 Å². The summed E-state index contributed by atoms with van der Waals surface area (Å²) in [6.07, 6.45) is 3.93. The molecular weight excluding hydrogens is 366 g/mol. The van der Waals surface area contributed by atoms with E-state index in [9.17, 15) is 4.79 Å². The zero-order valence-electron chi connectivity index (χ0n) is 17.2. The molecule has 1 N–H and O–H groups in total. The lowest BCUT2D eigenvalue weighted by Gasteiger charge is -2.35. The van der Waals surface area contributed by atoms with Gasteiger partial charge in [0.05, 0.1) is 5.56 Å². The number of amides is 1. The Morgan fingerprint density at radius 1 is 1.21 bits per heavy atom. The van der Waals surface area contributed by atoms with Crippen LogP contribution in [0, 0.1) is 19.8 Å². The summed E-state index contributed by atoms with van der Waals surface area (Å²) in [7, 11) is 0. The molecule has 154 valence electrons. The van der Waals surface area contributed by atoms with Crippen molar-refractivity contribution in [2.75, 3.05) is 32.8 Å². The summed E-state index contributed by atoms with van der Waals surface area (Å²) in [4.78, 5) is 19.0. The maximum atomic E-state index is 12.4. The summed E-state index contributed by atoms with van der Waals surface area (Å²) in [5.41, 5.74) is 2.61. The topological polar surface area (TPSA) is 63.7 Å². The third-order valence-corrected chi connectivity index (χ3v) is 5.79. The Morgan fingerprint density at radius 3 is 2.83 bits per heavy atom.